The van der Waals surface area contributed by atoms with Crippen molar-refractivity contribution < 1.29 is 17.6 Å². The third-order valence-corrected chi connectivity index (χ3v) is 2.95. The van der Waals surface area contributed by atoms with Gasteiger partial charge in [-0.2, -0.15) is 13.2 Å². The molecule has 0 radical (unpaired) electrons. The van der Waals surface area contributed by atoms with Crippen LogP contribution in [0.15, 0.2) is 30.6 Å². The van der Waals surface area contributed by atoms with Crippen molar-refractivity contribution in [3.8, 4) is 0 Å². The van der Waals surface area contributed by atoms with E-state index in [2.05, 4.69) is 15.3 Å². The van der Waals surface area contributed by atoms with Crippen molar-refractivity contribution in [2.75, 3.05) is 5.32 Å². The molecule has 0 aliphatic carbocycles. The average Bonchev–Trinajstić information content (AvgIpc) is 2.40. The van der Waals surface area contributed by atoms with Gasteiger partial charge in [0.1, 0.15) is 11.6 Å². The maximum absolute atomic E-state index is 13.1. The van der Waals surface area contributed by atoms with Crippen LogP contribution < -0.4 is 5.32 Å². The highest BCUT2D eigenvalue weighted by atomic mass is 19.4. The molecule has 0 amide bonds. The molecule has 0 aliphatic rings. The van der Waals surface area contributed by atoms with Gasteiger partial charge in [0.25, 0.3) is 0 Å². The number of halogens is 4. The number of hydrogen-bond acceptors (Lipinski definition) is 3. The van der Waals surface area contributed by atoms with Crippen LogP contribution >= 0.6 is 0 Å². The first kappa shape index (κ1) is 15.2. The first-order valence-electron chi connectivity index (χ1n) is 6.19. The zero-order valence-corrected chi connectivity index (χ0v) is 11.4. The fourth-order valence-electron chi connectivity index (χ4n) is 1.95. The first-order chi connectivity index (χ1) is 9.77. The van der Waals surface area contributed by atoms with Crippen molar-refractivity contribution in [3.05, 3.63) is 53.4 Å². The summed E-state index contributed by atoms with van der Waals surface area (Å²) in [5, 5.41) is 2.87. The molecule has 0 saturated carbocycles. The van der Waals surface area contributed by atoms with E-state index in [4.69, 9.17) is 0 Å². The van der Waals surface area contributed by atoms with E-state index in [-0.39, 0.29) is 5.56 Å². The summed E-state index contributed by atoms with van der Waals surface area (Å²) in [5.74, 6) is -0.358. The molecule has 2 aromatic rings. The topological polar surface area (TPSA) is 37.8 Å². The largest absolute Gasteiger partial charge is 0.416 e. The van der Waals surface area contributed by atoms with Crippen molar-refractivity contribution >= 4 is 5.69 Å². The summed E-state index contributed by atoms with van der Waals surface area (Å²) < 4.78 is 52.0. The van der Waals surface area contributed by atoms with Gasteiger partial charge < -0.3 is 5.32 Å². The highest BCUT2D eigenvalue weighted by Crippen LogP contribution is 2.35. The SMILES string of the molecule is Cc1ncc(NC(C)c2ccc(F)cc2C(F)(F)F)cn1. The van der Waals surface area contributed by atoms with Crippen molar-refractivity contribution in [2.24, 2.45) is 0 Å². The lowest BCUT2D eigenvalue weighted by Crippen LogP contribution is -2.16. The van der Waals surface area contributed by atoms with Crippen molar-refractivity contribution in [1.29, 1.82) is 0 Å². The molecule has 0 saturated heterocycles. The third kappa shape index (κ3) is 3.68. The van der Waals surface area contributed by atoms with E-state index in [1.54, 1.807) is 13.8 Å². The lowest BCUT2D eigenvalue weighted by molar-refractivity contribution is -0.138. The predicted molar refractivity (Wildman–Crippen MR) is 70.2 cm³/mol. The second-order valence-electron chi connectivity index (χ2n) is 4.61. The van der Waals surface area contributed by atoms with Gasteiger partial charge in [-0.3, -0.25) is 0 Å². The van der Waals surface area contributed by atoms with Gasteiger partial charge in [0.05, 0.1) is 23.6 Å². The van der Waals surface area contributed by atoms with Gasteiger partial charge >= 0.3 is 6.18 Å². The molecule has 112 valence electrons. The lowest BCUT2D eigenvalue weighted by atomic mass is 10.0. The first-order valence-corrected chi connectivity index (χ1v) is 6.19. The molecule has 0 fully saturated rings. The molecule has 0 bridgehead atoms. The molecule has 0 spiro atoms. The predicted octanol–water partition coefficient (Wildman–Crippen LogP) is 4.12. The van der Waals surface area contributed by atoms with Crippen molar-refractivity contribution in [2.45, 2.75) is 26.1 Å². The fraction of sp³-hybridized carbons (Fsp3) is 0.286. The van der Waals surface area contributed by atoms with Crippen LogP contribution in [-0.2, 0) is 6.18 Å². The second kappa shape index (κ2) is 5.67. The van der Waals surface area contributed by atoms with Crippen molar-refractivity contribution in [3.63, 3.8) is 0 Å². The Morgan fingerprint density at radius 1 is 1.14 bits per heavy atom. The lowest BCUT2D eigenvalue weighted by Gasteiger charge is -2.20. The summed E-state index contributed by atoms with van der Waals surface area (Å²) >= 11 is 0. The molecule has 1 N–H and O–H groups in total. The Labute approximate surface area is 119 Å². The van der Waals surface area contributed by atoms with Gasteiger partial charge in [0.2, 0.25) is 0 Å². The Kier molecular flexibility index (Phi) is 4.11. The van der Waals surface area contributed by atoms with Gasteiger partial charge in [0, 0.05) is 6.04 Å². The zero-order chi connectivity index (χ0) is 15.6. The Morgan fingerprint density at radius 3 is 2.33 bits per heavy atom. The third-order valence-electron chi connectivity index (χ3n) is 2.95. The van der Waals surface area contributed by atoms with Crippen LogP contribution in [0.25, 0.3) is 0 Å². The van der Waals surface area contributed by atoms with Gasteiger partial charge in [-0.1, -0.05) is 6.07 Å². The van der Waals surface area contributed by atoms with E-state index in [1.165, 1.54) is 12.4 Å². The van der Waals surface area contributed by atoms with Gasteiger partial charge in [-0.25, -0.2) is 14.4 Å². The Hall–Kier alpha value is -2.18. The number of anilines is 1. The summed E-state index contributed by atoms with van der Waals surface area (Å²) in [6.45, 7) is 3.26. The minimum absolute atomic E-state index is 0.0375. The summed E-state index contributed by atoms with van der Waals surface area (Å²) in [5.41, 5.74) is -0.537. The number of alkyl halides is 3. The molecule has 0 aliphatic heterocycles. The van der Waals surface area contributed by atoms with Crippen LogP contribution in [0.2, 0.25) is 0 Å². The zero-order valence-electron chi connectivity index (χ0n) is 11.4. The number of benzene rings is 1. The molecular weight excluding hydrogens is 286 g/mol. The summed E-state index contributed by atoms with van der Waals surface area (Å²) in [4.78, 5) is 7.91. The van der Waals surface area contributed by atoms with Crippen LogP contribution in [0.3, 0.4) is 0 Å². The standard InChI is InChI=1S/C14H13F4N3/c1-8(21-11-6-19-9(2)20-7-11)12-4-3-10(15)5-13(12)14(16,17)18/h3-8,21H,1-2H3. The fourth-order valence-corrected chi connectivity index (χ4v) is 1.95. The van der Waals surface area contributed by atoms with Crippen molar-refractivity contribution in [1.82, 2.24) is 9.97 Å². The molecule has 1 atom stereocenters. The monoisotopic (exact) mass is 299 g/mol. The summed E-state index contributed by atoms with van der Waals surface area (Å²) in [6.07, 6.45) is -1.65. The smallest absolute Gasteiger partial charge is 0.376 e. The molecule has 1 aromatic carbocycles. The molecule has 1 heterocycles. The van der Waals surface area contributed by atoms with E-state index >= 15 is 0 Å². The van der Waals surface area contributed by atoms with Gasteiger partial charge in [-0.15, -0.1) is 0 Å². The number of rotatable bonds is 3. The normalized spacial score (nSPS) is 13.0. The minimum atomic E-state index is -4.61. The number of nitrogens with one attached hydrogen (secondary N) is 1. The van der Waals surface area contributed by atoms with E-state index in [1.807, 2.05) is 0 Å². The number of aryl methyl sites for hydroxylation is 1. The van der Waals surface area contributed by atoms with Crippen LogP contribution in [0.1, 0.15) is 29.9 Å². The molecule has 2 rings (SSSR count). The quantitative estimate of drug-likeness (QED) is 0.866. The van der Waals surface area contributed by atoms with E-state index in [0.717, 1.165) is 12.1 Å². The number of hydrogen-bond donors (Lipinski definition) is 1. The molecule has 3 nitrogen and oxygen atoms in total. The maximum atomic E-state index is 13.1. The minimum Gasteiger partial charge on any atom is -0.376 e. The van der Waals surface area contributed by atoms with Crippen LogP contribution in [0.5, 0.6) is 0 Å². The molecule has 7 heteroatoms. The van der Waals surface area contributed by atoms with E-state index in [0.29, 0.717) is 17.6 Å². The molecule has 21 heavy (non-hydrogen) atoms. The Balaban J connectivity index is 2.30. The highest BCUT2D eigenvalue weighted by molar-refractivity contribution is 5.43. The van der Waals surface area contributed by atoms with E-state index < -0.39 is 23.6 Å². The Bertz CT molecular complexity index is 623. The van der Waals surface area contributed by atoms with Crippen LogP contribution in [-0.4, -0.2) is 9.97 Å². The van der Waals surface area contributed by atoms with Gasteiger partial charge in [0.15, 0.2) is 0 Å². The number of nitrogens with zero attached hydrogens (tertiary/aromatic N) is 2. The maximum Gasteiger partial charge on any atom is 0.416 e. The highest BCUT2D eigenvalue weighted by Gasteiger charge is 2.35. The van der Waals surface area contributed by atoms with E-state index in [9.17, 15) is 17.6 Å². The van der Waals surface area contributed by atoms with Crippen LogP contribution in [0, 0.1) is 12.7 Å². The average molecular weight is 299 g/mol. The number of aromatic nitrogens is 2. The Morgan fingerprint density at radius 2 is 1.76 bits per heavy atom. The summed E-state index contributed by atoms with van der Waals surface area (Å²) in [7, 11) is 0. The van der Waals surface area contributed by atoms with Crippen LogP contribution in [0.4, 0.5) is 23.2 Å². The molecule has 1 unspecified atom stereocenters. The molecular formula is C14H13F4N3. The van der Waals surface area contributed by atoms with Gasteiger partial charge in [-0.05, 0) is 31.5 Å². The second-order valence-corrected chi connectivity index (χ2v) is 4.61. The summed E-state index contributed by atoms with van der Waals surface area (Å²) in [6, 6.07) is 1.96. The molecule has 1 aromatic heterocycles.